The summed E-state index contributed by atoms with van der Waals surface area (Å²) in [4.78, 5) is 27.2. The van der Waals surface area contributed by atoms with E-state index in [2.05, 4.69) is 4.52 Å². The van der Waals surface area contributed by atoms with Crippen LogP contribution in [0.1, 0.15) is 0 Å². The van der Waals surface area contributed by atoms with Gasteiger partial charge in [-0.05, 0) is 0 Å². The van der Waals surface area contributed by atoms with Gasteiger partial charge in [0.25, 0.3) is 0 Å². The number of aliphatic hydroxyl groups is 4. The van der Waals surface area contributed by atoms with Crippen molar-refractivity contribution in [2.24, 2.45) is 0 Å². The van der Waals surface area contributed by atoms with Crippen molar-refractivity contribution in [2.45, 2.75) is 24.4 Å². The van der Waals surface area contributed by atoms with Crippen molar-refractivity contribution in [1.29, 1.82) is 0 Å². The minimum atomic E-state index is -5.23. The van der Waals surface area contributed by atoms with E-state index in [0.717, 1.165) is 0 Å². The molecule has 0 unspecified atom stereocenters. The molecule has 0 aliphatic carbocycles. The summed E-state index contributed by atoms with van der Waals surface area (Å²) < 4.78 is 13.6. The van der Waals surface area contributed by atoms with Gasteiger partial charge in [0.15, 0.2) is 0 Å². The van der Waals surface area contributed by atoms with Crippen LogP contribution < -0.4 is 34.7 Å². The van der Waals surface area contributed by atoms with Crippen molar-refractivity contribution in [1.82, 2.24) is 0 Å². The maximum atomic E-state index is 11.0. The summed E-state index contributed by atoms with van der Waals surface area (Å²) in [7, 11) is -5.23. The van der Waals surface area contributed by atoms with E-state index in [9.17, 15) is 14.5 Å². The van der Waals surface area contributed by atoms with Gasteiger partial charge in [-0.2, -0.15) is 0 Å². The Balaban J connectivity index is 0. The molecule has 102 valence electrons. The van der Waals surface area contributed by atoms with E-state index in [1.54, 1.807) is 0 Å². The van der Waals surface area contributed by atoms with E-state index < -0.39 is 44.8 Å². The van der Waals surface area contributed by atoms with E-state index in [-0.39, 0.29) is 29.6 Å². The fourth-order valence-corrected chi connectivity index (χ4v) is 1.16. The summed E-state index contributed by atoms with van der Waals surface area (Å²) in [5.41, 5.74) is 0. The predicted octanol–water partition coefficient (Wildman–Crippen LogP) is -7.57. The Morgan fingerprint density at radius 1 is 1.22 bits per heavy atom. The number of hydrogen-bond acceptors (Lipinski definition) is 8. The number of hydrogen-bond donors (Lipinski definition) is 6. The Bertz CT molecular complexity index is 305. The van der Waals surface area contributed by atoms with Crippen LogP contribution in [0.25, 0.3) is 0 Å². The molecule has 0 rings (SSSR count). The largest absolute Gasteiger partial charge is 1.00 e. The van der Waals surface area contributed by atoms with Gasteiger partial charge in [0.05, 0.1) is 12.7 Å². The summed E-state index contributed by atoms with van der Waals surface area (Å²) in [5, 5.41) is 46.4. The fourth-order valence-electron chi connectivity index (χ4n) is 0.823. The second-order valence-electron chi connectivity index (χ2n) is 3.05. The summed E-state index contributed by atoms with van der Waals surface area (Å²) in [6.45, 7) is -0.988. The number of aliphatic hydroxyl groups excluding tert-OH is 4. The smallest absolute Gasteiger partial charge is 0.842 e. The van der Waals surface area contributed by atoms with Gasteiger partial charge in [-0.3, -0.25) is 14.6 Å². The molecule has 18 heavy (non-hydrogen) atoms. The first-order chi connectivity index (χ1) is 7.60. The van der Waals surface area contributed by atoms with Gasteiger partial charge in [-0.1, -0.05) is 0 Å². The second-order valence-corrected chi connectivity index (χ2v) is 4.22. The standard InChI is InChI=1S/C6H12O10P.Na/c7-1-2(8)3(9)4(10)5(11)6(12)16-17(13,14)15;/h2-5,7-10H,1H2,(H2,13,14,15);/q-1;+1/t2-,3-,4+,5-;/m1./s1. The normalized spacial score (nSPS) is 18.2. The minimum absolute atomic E-state index is 0. The van der Waals surface area contributed by atoms with E-state index in [4.69, 9.17) is 30.2 Å². The van der Waals surface area contributed by atoms with Crippen LogP contribution in [0.15, 0.2) is 0 Å². The zero-order valence-electron chi connectivity index (χ0n) is 9.28. The average molecular weight is 298 g/mol. The number of phosphoric acid groups is 1. The Kier molecular flexibility index (Phi) is 9.86. The Morgan fingerprint density at radius 2 is 1.67 bits per heavy atom. The van der Waals surface area contributed by atoms with Crippen LogP contribution in [0.3, 0.4) is 0 Å². The molecular formula is C6H12NaO10P. The van der Waals surface area contributed by atoms with Crippen LogP contribution in [-0.2, 0) is 13.9 Å². The topological polar surface area (TPSA) is 188 Å². The molecule has 0 aliphatic rings. The van der Waals surface area contributed by atoms with Crippen LogP contribution in [0.4, 0.5) is 0 Å². The zero-order chi connectivity index (χ0) is 13.8. The summed E-state index contributed by atoms with van der Waals surface area (Å²) in [5.74, 6) is -1.99. The Labute approximate surface area is 123 Å². The molecule has 0 aromatic rings. The molecule has 0 saturated heterocycles. The van der Waals surface area contributed by atoms with Gasteiger partial charge in [0.2, 0.25) is 0 Å². The van der Waals surface area contributed by atoms with Crippen LogP contribution in [0, 0.1) is 0 Å². The van der Waals surface area contributed by atoms with Crippen LogP contribution in [0.5, 0.6) is 0 Å². The maximum absolute atomic E-state index is 11.0. The SMILES string of the molecule is O=C(OP(=O)(O)O)[C@H]([O-])[C@@H](O)[C@H](O)[C@H](O)CO.[Na+]. The van der Waals surface area contributed by atoms with Gasteiger partial charge < -0.3 is 30.1 Å². The van der Waals surface area contributed by atoms with Crippen molar-refractivity contribution in [3.8, 4) is 0 Å². The van der Waals surface area contributed by atoms with Gasteiger partial charge >= 0.3 is 43.3 Å². The molecule has 4 atom stereocenters. The van der Waals surface area contributed by atoms with Crippen LogP contribution >= 0.6 is 7.82 Å². The molecule has 0 spiro atoms. The quantitative estimate of drug-likeness (QED) is 0.203. The monoisotopic (exact) mass is 298 g/mol. The molecule has 12 heteroatoms. The first kappa shape index (κ1) is 20.7. The number of carbonyl (C=O) groups is 1. The molecule has 0 fully saturated rings. The zero-order valence-corrected chi connectivity index (χ0v) is 12.2. The van der Waals surface area contributed by atoms with Crippen molar-refractivity contribution in [2.75, 3.05) is 6.61 Å². The summed E-state index contributed by atoms with van der Waals surface area (Å²) in [6.07, 6.45) is -9.17. The van der Waals surface area contributed by atoms with E-state index in [1.807, 2.05) is 0 Å². The fraction of sp³-hybridized carbons (Fsp3) is 0.833. The first-order valence-electron chi connectivity index (χ1n) is 4.20. The predicted molar refractivity (Wildman–Crippen MR) is 47.0 cm³/mol. The molecule has 6 N–H and O–H groups in total. The van der Waals surface area contributed by atoms with E-state index in [0.29, 0.717) is 0 Å². The molecule has 10 nitrogen and oxygen atoms in total. The molecule has 0 bridgehead atoms. The molecule has 0 amide bonds. The average Bonchev–Trinajstić information content (AvgIpc) is 2.22. The third kappa shape index (κ3) is 7.12. The van der Waals surface area contributed by atoms with Crippen molar-refractivity contribution in [3.63, 3.8) is 0 Å². The van der Waals surface area contributed by atoms with Gasteiger partial charge in [-0.15, -0.1) is 0 Å². The van der Waals surface area contributed by atoms with E-state index in [1.165, 1.54) is 0 Å². The number of carbonyl (C=O) groups excluding carboxylic acids is 1. The second kappa shape index (κ2) is 8.56. The van der Waals surface area contributed by atoms with Crippen molar-refractivity contribution in [3.05, 3.63) is 0 Å². The Morgan fingerprint density at radius 3 is 2.00 bits per heavy atom. The van der Waals surface area contributed by atoms with Gasteiger partial charge in [0.1, 0.15) is 12.2 Å². The van der Waals surface area contributed by atoms with Crippen molar-refractivity contribution < 1.29 is 78.8 Å². The molecule has 0 aliphatic heterocycles. The molecule has 0 heterocycles. The summed E-state index contributed by atoms with van der Waals surface area (Å²) in [6, 6.07) is 0. The summed E-state index contributed by atoms with van der Waals surface area (Å²) >= 11 is 0. The third-order valence-corrected chi connectivity index (χ3v) is 2.10. The van der Waals surface area contributed by atoms with Crippen molar-refractivity contribution >= 4 is 13.8 Å². The molecule has 0 radical (unpaired) electrons. The molecular weight excluding hydrogens is 286 g/mol. The minimum Gasteiger partial charge on any atom is -0.842 e. The first-order valence-corrected chi connectivity index (χ1v) is 5.73. The van der Waals surface area contributed by atoms with Gasteiger partial charge in [-0.25, -0.2) is 4.57 Å². The number of rotatable bonds is 6. The molecule has 0 aromatic heterocycles. The number of phosphoric ester groups is 1. The van der Waals surface area contributed by atoms with Crippen LogP contribution in [0.2, 0.25) is 0 Å². The van der Waals surface area contributed by atoms with E-state index >= 15 is 0 Å². The molecule has 0 aromatic carbocycles. The molecule has 0 saturated carbocycles. The maximum Gasteiger partial charge on any atom is 1.00 e. The van der Waals surface area contributed by atoms with Crippen LogP contribution in [-0.4, -0.2) is 67.2 Å². The Hall–Kier alpha value is 0.420. The third-order valence-electron chi connectivity index (χ3n) is 1.68. The van der Waals surface area contributed by atoms with Gasteiger partial charge in [0, 0.05) is 6.10 Å².